The Hall–Kier alpha value is -1.87. The van der Waals surface area contributed by atoms with Crippen molar-refractivity contribution < 1.29 is 4.79 Å². The lowest BCUT2D eigenvalue weighted by Crippen LogP contribution is -2.24. The van der Waals surface area contributed by atoms with Crippen LogP contribution in [0.4, 0.5) is 5.00 Å². The summed E-state index contributed by atoms with van der Waals surface area (Å²) in [6.07, 6.45) is 0.331. The molecule has 1 heterocycles. The molecule has 0 aliphatic carbocycles. The Morgan fingerprint density at radius 3 is 2.91 bits per heavy atom. The molecule has 1 aromatic heterocycles. The number of carbonyl (C=O) groups excluding carboxylic acids is 1. The molecule has 1 atom stereocenters. The molecule has 0 saturated heterocycles. The van der Waals surface area contributed by atoms with E-state index >= 15 is 0 Å². The van der Waals surface area contributed by atoms with Crippen LogP contribution in [0.5, 0.6) is 0 Å². The second-order valence-electron chi connectivity index (χ2n) is 4.77. The molecule has 0 aliphatic rings. The zero-order valence-electron chi connectivity index (χ0n) is 12.1. The van der Waals surface area contributed by atoms with Gasteiger partial charge in [-0.05, 0) is 30.0 Å². The van der Waals surface area contributed by atoms with Crippen LogP contribution in [-0.2, 0) is 4.79 Å². The van der Waals surface area contributed by atoms with Gasteiger partial charge >= 0.3 is 0 Å². The number of halogens is 1. The maximum absolute atomic E-state index is 11.9. The van der Waals surface area contributed by atoms with Gasteiger partial charge in [0.05, 0.1) is 5.56 Å². The summed E-state index contributed by atoms with van der Waals surface area (Å²) in [6.45, 7) is 2.54. The normalized spacial score (nSPS) is 11.7. The Labute approximate surface area is 138 Å². The van der Waals surface area contributed by atoms with Gasteiger partial charge in [0.1, 0.15) is 11.1 Å². The number of rotatable bonds is 6. The van der Waals surface area contributed by atoms with Crippen molar-refractivity contribution in [2.45, 2.75) is 19.4 Å². The molecule has 22 heavy (non-hydrogen) atoms. The molecule has 0 unspecified atom stereocenters. The third-order valence-corrected chi connectivity index (χ3v) is 4.39. The highest BCUT2D eigenvalue weighted by Gasteiger charge is 2.11. The van der Waals surface area contributed by atoms with Crippen LogP contribution in [0.25, 0.3) is 0 Å². The third-order valence-electron chi connectivity index (χ3n) is 3.21. The molecule has 0 bridgehead atoms. The number of nitriles is 1. The van der Waals surface area contributed by atoms with Crippen LogP contribution < -0.4 is 10.6 Å². The lowest BCUT2D eigenvalue weighted by molar-refractivity contribution is -0.116. The van der Waals surface area contributed by atoms with Gasteiger partial charge in [0, 0.05) is 24.0 Å². The number of benzene rings is 1. The Morgan fingerprint density at radius 2 is 2.18 bits per heavy atom. The maximum Gasteiger partial charge on any atom is 0.226 e. The average Bonchev–Trinajstić information content (AvgIpc) is 2.94. The van der Waals surface area contributed by atoms with Crippen LogP contribution in [0.2, 0.25) is 5.02 Å². The van der Waals surface area contributed by atoms with Gasteiger partial charge in [-0.3, -0.25) is 4.79 Å². The van der Waals surface area contributed by atoms with Crippen LogP contribution in [0.1, 0.15) is 30.5 Å². The molecule has 114 valence electrons. The molecular formula is C16H16ClN3OS. The molecule has 2 aromatic rings. The quantitative estimate of drug-likeness (QED) is 0.841. The average molecular weight is 334 g/mol. The van der Waals surface area contributed by atoms with E-state index in [-0.39, 0.29) is 11.9 Å². The fourth-order valence-corrected chi connectivity index (χ4v) is 3.07. The molecule has 4 nitrogen and oxygen atoms in total. The van der Waals surface area contributed by atoms with Gasteiger partial charge in [-0.2, -0.15) is 5.26 Å². The smallest absolute Gasteiger partial charge is 0.226 e. The summed E-state index contributed by atoms with van der Waals surface area (Å²) in [5.41, 5.74) is 1.50. The molecule has 0 spiro atoms. The van der Waals surface area contributed by atoms with Gasteiger partial charge < -0.3 is 10.6 Å². The minimum absolute atomic E-state index is 0.0675. The Kier molecular flexibility index (Phi) is 5.96. The number of hydrogen-bond acceptors (Lipinski definition) is 4. The summed E-state index contributed by atoms with van der Waals surface area (Å²) in [4.78, 5) is 11.9. The van der Waals surface area contributed by atoms with Crippen molar-refractivity contribution in [3.8, 4) is 6.07 Å². The summed E-state index contributed by atoms with van der Waals surface area (Å²) in [5.74, 6) is -0.113. The fraction of sp³-hybridized carbons (Fsp3) is 0.250. The van der Waals surface area contributed by atoms with Crippen molar-refractivity contribution in [2.75, 3.05) is 11.9 Å². The Morgan fingerprint density at radius 1 is 1.41 bits per heavy atom. The maximum atomic E-state index is 11.9. The van der Waals surface area contributed by atoms with E-state index in [0.717, 1.165) is 5.56 Å². The molecule has 2 rings (SSSR count). The predicted molar refractivity (Wildman–Crippen MR) is 90.2 cm³/mol. The van der Waals surface area contributed by atoms with Gasteiger partial charge in [0.2, 0.25) is 5.91 Å². The molecule has 0 radical (unpaired) electrons. The lowest BCUT2D eigenvalue weighted by Gasteiger charge is -2.15. The van der Waals surface area contributed by atoms with E-state index in [0.29, 0.717) is 28.6 Å². The standard InChI is InChI=1S/C16H16ClN3OS/c1-11(13-4-2-3-5-14(13)17)19-8-6-15(21)20-16-12(10-18)7-9-22-16/h2-5,7,9,11,19H,6,8H2,1H3,(H,20,21)/t11-/m0/s1. The van der Waals surface area contributed by atoms with E-state index in [1.54, 1.807) is 11.4 Å². The number of hydrogen-bond donors (Lipinski definition) is 2. The first-order valence-corrected chi connectivity index (χ1v) is 8.13. The Bertz CT molecular complexity index is 693. The van der Waals surface area contributed by atoms with Crippen molar-refractivity contribution in [2.24, 2.45) is 0 Å². The van der Waals surface area contributed by atoms with Crippen molar-refractivity contribution in [1.82, 2.24) is 5.32 Å². The zero-order valence-corrected chi connectivity index (χ0v) is 13.7. The van der Waals surface area contributed by atoms with Gasteiger partial charge in [-0.25, -0.2) is 0 Å². The first kappa shape index (κ1) is 16.5. The number of anilines is 1. The van der Waals surface area contributed by atoms with Gasteiger partial charge in [0.25, 0.3) is 0 Å². The molecule has 2 N–H and O–H groups in total. The molecule has 6 heteroatoms. The summed E-state index contributed by atoms with van der Waals surface area (Å²) in [5, 5.41) is 18.0. The van der Waals surface area contributed by atoms with E-state index in [2.05, 4.69) is 10.6 Å². The number of carbonyl (C=O) groups is 1. The minimum atomic E-state index is -0.113. The highest BCUT2D eigenvalue weighted by atomic mass is 35.5. The zero-order chi connectivity index (χ0) is 15.9. The van der Waals surface area contributed by atoms with E-state index in [9.17, 15) is 4.79 Å². The summed E-state index contributed by atoms with van der Waals surface area (Å²) >= 11 is 7.49. The van der Waals surface area contributed by atoms with Crippen molar-refractivity contribution in [3.63, 3.8) is 0 Å². The second kappa shape index (κ2) is 7.95. The number of nitrogens with zero attached hydrogens (tertiary/aromatic N) is 1. The predicted octanol–water partition coefficient (Wildman–Crippen LogP) is 3.95. The molecule has 0 fully saturated rings. The van der Waals surface area contributed by atoms with E-state index in [4.69, 9.17) is 16.9 Å². The molecule has 1 amide bonds. The second-order valence-corrected chi connectivity index (χ2v) is 6.09. The van der Waals surface area contributed by atoms with Crippen LogP contribution >= 0.6 is 22.9 Å². The van der Waals surface area contributed by atoms with Crippen LogP contribution in [0.15, 0.2) is 35.7 Å². The third kappa shape index (κ3) is 4.31. The fourth-order valence-electron chi connectivity index (χ4n) is 2.02. The van der Waals surface area contributed by atoms with Crippen molar-refractivity contribution >= 4 is 33.8 Å². The highest BCUT2D eigenvalue weighted by molar-refractivity contribution is 7.14. The monoisotopic (exact) mass is 333 g/mol. The summed E-state index contributed by atoms with van der Waals surface area (Å²) in [7, 11) is 0. The largest absolute Gasteiger partial charge is 0.317 e. The first-order valence-electron chi connectivity index (χ1n) is 6.87. The Balaban J connectivity index is 1.80. The number of nitrogens with one attached hydrogen (secondary N) is 2. The van der Waals surface area contributed by atoms with Crippen LogP contribution in [-0.4, -0.2) is 12.5 Å². The van der Waals surface area contributed by atoms with Gasteiger partial charge in [-0.1, -0.05) is 29.8 Å². The van der Waals surface area contributed by atoms with E-state index in [1.165, 1.54) is 11.3 Å². The molecule has 1 aromatic carbocycles. The van der Waals surface area contributed by atoms with Gasteiger partial charge in [0.15, 0.2) is 0 Å². The SMILES string of the molecule is C[C@H](NCCC(=O)Nc1sccc1C#N)c1ccccc1Cl. The number of thiophene rings is 1. The van der Waals surface area contributed by atoms with Crippen LogP contribution in [0, 0.1) is 11.3 Å². The summed E-state index contributed by atoms with van der Waals surface area (Å²) in [6, 6.07) is 11.4. The van der Waals surface area contributed by atoms with Crippen molar-refractivity contribution in [3.05, 3.63) is 51.9 Å². The van der Waals surface area contributed by atoms with E-state index in [1.807, 2.05) is 37.3 Å². The topological polar surface area (TPSA) is 64.9 Å². The first-order chi connectivity index (χ1) is 10.6. The van der Waals surface area contributed by atoms with Crippen LogP contribution in [0.3, 0.4) is 0 Å². The molecule has 0 aliphatic heterocycles. The van der Waals surface area contributed by atoms with E-state index < -0.39 is 0 Å². The highest BCUT2D eigenvalue weighted by Crippen LogP contribution is 2.23. The minimum Gasteiger partial charge on any atom is -0.317 e. The molecular weight excluding hydrogens is 318 g/mol. The van der Waals surface area contributed by atoms with Gasteiger partial charge in [-0.15, -0.1) is 11.3 Å². The number of amides is 1. The lowest BCUT2D eigenvalue weighted by atomic mass is 10.1. The molecule has 0 saturated carbocycles. The van der Waals surface area contributed by atoms with Crippen molar-refractivity contribution in [1.29, 1.82) is 5.26 Å². The summed E-state index contributed by atoms with van der Waals surface area (Å²) < 4.78 is 0.